The molecular weight excluding hydrogens is 234 g/mol. The van der Waals surface area contributed by atoms with E-state index in [1.54, 1.807) is 37.5 Å². The van der Waals surface area contributed by atoms with Gasteiger partial charge in [0.05, 0.1) is 7.11 Å². The van der Waals surface area contributed by atoms with Crippen molar-refractivity contribution in [3.63, 3.8) is 0 Å². The molecule has 0 saturated heterocycles. The van der Waals surface area contributed by atoms with Crippen molar-refractivity contribution in [1.29, 1.82) is 0 Å². The van der Waals surface area contributed by atoms with Gasteiger partial charge in [0.15, 0.2) is 0 Å². The fourth-order valence-corrected chi connectivity index (χ4v) is 1.56. The predicted molar refractivity (Wildman–Crippen MR) is 70.8 cm³/mol. The molecule has 0 saturated carbocycles. The first-order valence-electron chi connectivity index (χ1n) is 6.05. The topological polar surface area (TPSA) is 9.23 Å². The van der Waals surface area contributed by atoms with Crippen molar-refractivity contribution in [1.82, 2.24) is 0 Å². The lowest BCUT2D eigenvalue weighted by Crippen LogP contribution is -1.86. The van der Waals surface area contributed by atoms with Gasteiger partial charge >= 0.3 is 0 Å². The van der Waals surface area contributed by atoms with Gasteiger partial charge in [0.1, 0.15) is 5.75 Å². The number of ether oxygens (including phenoxy) is 1. The van der Waals surface area contributed by atoms with Crippen molar-refractivity contribution in [2.45, 2.75) is 26.2 Å². The highest BCUT2D eigenvalue weighted by atomic mass is 19.3. The van der Waals surface area contributed by atoms with Crippen LogP contribution in [0.2, 0.25) is 0 Å². The van der Waals surface area contributed by atoms with Gasteiger partial charge in [0.2, 0.25) is 0 Å². The molecule has 0 N–H and O–H groups in total. The average Bonchev–Trinajstić information content (AvgIpc) is 2.39. The van der Waals surface area contributed by atoms with Gasteiger partial charge in [-0.05, 0) is 24.1 Å². The fraction of sp³-hybridized carbons (Fsp3) is 0.333. The third kappa shape index (κ3) is 4.32. The molecular formula is C15H18F2O. The minimum atomic E-state index is -1.66. The van der Waals surface area contributed by atoms with E-state index in [4.69, 9.17) is 4.74 Å². The van der Waals surface area contributed by atoms with Crippen LogP contribution in [0, 0.1) is 0 Å². The third-order valence-corrected chi connectivity index (χ3v) is 2.61. The minimum absolute atomic E-state index is 0.0197. The van der Waals surface area contributed by atoms with Crippen LogP contribution in [0.1, 0.15) is 31.7 Å². The average molecular weight is 252 g/mol. The highest BCUT2D eigenvalue weighted by Crippen LogP contribution is 2.24. The molecule has 0 spiro atoms. The summed E-state index contributed by atoms with van der Waals surface area (Å²) in [5, 5.41) is 0. The van der Waals surface area contributed by atoms with Crippen molar-refractivity contribution in [2.75, 3.05) is 7.11 Å². The van der Waals surface area contributed by atoms with E-state index in [2.05, 4.69) is 6.92 Å². The van der Waals surface area contributed by atoms with Crippen LogP contribution >= 0.6 is 0 Å². The van der Waals surface area contributed by atoms with Gasteiger partial charge < -0.3 is 4.74 Å². The van der Waals surface area contributed by atoms with Gasteiger partial charge in [-0.2, -0.15) is 8.78 Å². The van der Waals surface area contributed by atoms with Gasteiger partial charge in [-0.25, -0.2) is 0 Å². The smallest absolute Gasteiger partial charge is 0.278 e. The summed E-state index contributed by atoms with van der Waals surface area (Å²) in [7, 11) is 1.55. The number of methoxy groups -OCH3 is 1. The predicted octanol–water partition coefficient (Wildman–Crippen LogP) is 5.05. The molecule has 0 atom stereocenters. The lowest BCUT2D eigenvalue weighted by molar-refractivity contribution is 0.414. The van der Waals surface area contributed by atoms with Crippen molar-refractivity contribution in [3.05, 3.63) is 48.1 Å². The van der Waals surface area contributed by atoms with Crippen LogP contribution in [-0.4, -0.2) is 7.11 Å². The number of hydrogen-bond donors (Lipinski definition) is 0. The maximum Gasteiger partial charge on any atom is 0.278 e. The largest absolute Gasteiger partial charge is 0.497 e. The lowest BCUT2D eigenvalue weighted by atomic mass is 10.1. The monoisotopic (exact) mass is 252 g/mol. The third-order valence-electron chi connectivity index (χ3n) is 2.61. The van der Waals surface area contributed by atoms with Crippen molar-refractivity contribution < 1.29 is 13.5 Å². The number of hydrogen-bond acceptors (Lipinski definition) is 1. The molecule has 0 heterocycles. The fourth-order valence-electron chi connectivity index (χ4n) is 1.56. The zero-order valence-electron chi connectivity index (χ0n) is 10.7. The summed E-state index contributed by atoms with van der Waals surface area (Å²) >= 11 is 0. The molecule has 0 aliphatic heterocycles. The molecule has 1 aromatic rings. The van der Waals surface area contributed by atoms with Crippen molar-refractivity contribution in [3.8, 4) is 5.75 Å². The first-order chi connectivity index (χ1) is 8.69. The molecule has 0 amide bonds. The molecule has 18 heavy (non-hydrogen) atoms. The number of benzene rings is 1. The Bertz CT molecular complexity index is 415. The summed E-state index contributed by atoms with van der Waals surface area (Å²) in [6, 6.07) is 6.63. The second-order valence-electron chi connectivity index (χ2n) is 3.95. The quantitative estimate of drug-likeness (QED) is 0.508. The Hall–Kier alpha value is -1.64. The van der Waals surface area contributed by atoms with E-state index >= 15 is 0 Å². The van der Waals surface area contributed by atoms with E-state index in [9.17, 15) is 8.78 Å². The van der Waals surface area contributed by atoms with Crippen LogP contribution in [0.3, 0.4) is 0 Å². The van der Waals surface area contributed by atoms with E-state index in [0.29, 0.717) is 11.3 Å². The number of allylic oxidation sites excluding steroid dienone is 3. The maximum atomic E-state index is 12.9. The lowest BCUT2D eigenvalue weighted by Gasteiger charge is -2.04. The summed E-state index contributed by atoms with van der Waals surface area (Å²) in [5.41, 5.74) is 0.484. The highest BCUT2D eigenvalue weighted by molar-refractivity contribution is 5.74. The van der Waals surface area contributed by atoms with Gasteiger partial charge in [0.25, 0.3) is 6.08 Å². The molecule has 0 bridgehead atoms. The molecule has 3 heteroatoms. The number of rotatable bonds is 6. The summed E-state index contributed by atoms with van der Waals surface area (Å²) in [4.78, 5) is 0. The molecule has 0 aliphatic rings. The number of halogens is 2. The first-order valence-corrected chi connectivity index (χ1v) is 6.05. The summed E-state index contributed by atoms with van der Waals surface area (Å²) < 4.78 is 30.7. The van der Waals surface area contributed by atoms with E-state index in [1.165, 1.54) is 6.08 Å². The zero-order valence-corrected chi connectivity index (χ0v) is 10.7. The molecule has 1 rings (SSSR count). The Kier molecular flexibility index (Phi) is 6.12. The van der Waals surface area contributed by atoms with Crippen molar-refractivity contribution in [2.24, 2.45) is 0 Å². The van der Waals surface area contributed by atoms with E-state index in [-0.39, 0.29) is 5.57 Å². The molecule has 0 unspecified atom stereocenters. The van der Waals surface area contributed by atoms with Crippen LogP contribution in [0.4, 0.5) is 8.78 Å². The van der Waals surface area contributed by atoms with Gasteiger partial charge in [-0.1, -0.05) is 44.1 Å². The van der Waals surface area contributed by atoms with Gasteiger partial charge in [0, 0.05) is 5.57 Å². The van der Waals surface area contributed by atoms with Gasteiger partial charge in [-0.3, -0.25) is 0 Å². The van der Waals surface area contributed by atoms with Crippen LogP contribution in [0.25, 0.3) is 5.57 Å². The second-order valence-corrected chi connectivity index (χ2v) is 3.95. The minimum Gasteiger partial charge on any atom is -0.497 e. The number of unbranched alkanes of at least 4 members (excludes halogenated alkanes) is 2. The Morgan fingerprint density at radius 3 is 2.39 bits per heavy atom. The van der Waals surface area contributed by atoms with Crippen LogP contribution < -0.4 is 4.74 Å². The SMILES string of the molecule is CCCC/C=C/C(=C(F)F)c1ccc(OC)cc1. The van der Waals surface area contributed by atoms with E-state index in [0.717, 1.165) is 19.3 Å². The normalized spacial score (nSPS) is 10.7. The molecule has 0 fully saturated rings. The second kappa shape index (κ2) is 7.64. The Balaban J connectivity index is 2.85. The first kappa shape index (κ1) is 14.4. The Morgan fingerprint density at radius 1 is 1.22 bits per heavy atom. The van der Waals surface area contributed by atoms with Crippen LogP contribution in [0.15, 0.2) is 42.5 Å². The van der Waals surface area contributed by atoms with Crippen molar-refractivity contribution >= 4 is 5.57 Å². The van der Waals surface area contributed by atoms with Crippen LogP contribution in [-0.2, 0) is 0 Å². The van der Waals surface area contributed by atoms with Crippen LogP contribution in [0.5, 0.6) is 5.75 Å². The molecule has 0 aliphatic carbocycles. The Morgan fingerprint density at radius 2 is 1.89 bits per heavy atom. The summed E-state index contributed by atoms with van der Waals surface area (Å²) in [6.07, 6.45) is 4.52. The molecule has 0 aromatic heterocycles. The maximum absolute atomic E-state index is 12.9. The molecule has 0 radical (unpaired) electrons. The molecule has 1 aromatic carbocycles. The summed E-state index contributed by atoms with van der Waals surface area (Å²) in [6.45, 7) is 2.07. The molecule has 98 valence electrons. The zero-order chi connectivity index (χ0) is 13.4. The standard InChI is InChI=1S/C15H18F2O/c1-3-4-5-6-7-14(15(16)17)12-8-10-13(18-2)11-9-12/h6-11H,3-5H2,1-2H3/b7-6+. The van der Waals surface area contributed by atoms with E-state index in [1.807, 2.05) is 0 Å². The Labute approximate surface area is 107 Å². The molecule has 1 nitrogen and oxygen atoms in total. The van der Waals surface area contributed by atoms with E-state index < -0.39 is 6.08 Å². The summed E-state index contributed by atoms with van der Waals surface area (Å²) in [5.74, 6) is 0.660. The van der Waals surface area contributed by atoms with Gasteiger partial charge in [-0.15, -0.1) is 0 Å². The highest BCUT2D eigenvalue weighted by Gasteiger charge is 2.06.